The van der Waals surface area contributed by atoms with Gasteiger partial charge in [0.25, 0.3) is 0 Å². The quantitative estimate of drug-likeness (QED) is 0.163. The van der Waals surface area contributed by atoms with E-state index in [4.69, 9.17) is 26.4 Å². The Hall–Kier alpha value is -3.53. The van der Waals surface area contributed by atoms with Crippen LogP contribution >= 0.6 is 11.8 Å². The van der Waals surface area contributed by atoms with E-state index in [1.165, 1.54) is 11.8 Å². The van der Waals surface area contributed by atoms with Crippen LogP contribution in [-0.2, 0) is 6.54 Å². The zero-order valence-electron chi connectivity index (χ0n) is 19.6. The van der Waals surface area contributed by atoms with Crippen LogP contribution in [0.1, 0.15) is 31.9 Å². The molecule has 0 atom stereocenters. The summed E-state index contributed by atoms with van der Waals surface area (Å²) >= 11 is 1.36. The predicted molar refractivity (Wildman–Crippen MR) is 135 cm³/mol. The lowest BCUT2D eigenvalue weighted by Gasteiger charge is -2.26. The molecule has 180 valence electrons. The van der Waals surface area contributed by atoms with Crippen molar-refractivity contribution in [3.8, 4) is 11.5 Å². The topological polar surface area (TPSA) is 123 Å². The van der Waals surface area contributed by atoms with Gasteiger partial charge in [0.2, 0.25) is 0 Å². The van der Waals surface area contributed by atoms with Gasteiger partial charge < -0.3 is 25.8 Å². The molecule has 0 saturated carbocycles. The van der Waals surface area contributed by atoms with Crippen LogP contribution in [0.15, 0.2) is 47.6 Å². The fourth-order valence-electron chi connectivity index (χ4n) is 3.29. The molecule has 0 aliphatic heterocycles. The molecule has 0 radical (unpaired) electrons. The van der Waals surface area contributed by atoms with Crippen molar-refractivity contribution in [1.82, 2.24) is 9.97 Å². The number of nitrogen functional groups attached to an aromatic ring is 2. The number of hydrogen-bond acceptors (Lipinski definition) is 8. The number of nitrogens with two attached hydrogens (primary N) is 2. The summed E-state index contributed by atoms with van der Waals surface area (Å²) in [5, 5.41) is 8.15. The summed E-state index contributed by atoms with van der Waals surface area (Å²) in [7, 11) is 0. The summed E-state index contributed by atoms with van der Waals surface area (Å²) in [4.78, 5) is 10.6. The van der Waals surface area contributed by atoms with Gasteiger partial charge >= 0.3 is 0 Å². The number of anilines is 3. The maximum atomic E-state index is 15.5. The Morgan fingerprint density at radius 1 is 1.18 bits per heavy atom. The maximum absolute atomic E-state index is 15.5. The molecular weight excluding hydrogens is 455 g/mol. The highest BCUT2D eigenvalue weighted by Gasteiger charge is 2.20. The summed E-state index contributed by atoms with van der Waals surface area (Å²) in [5.74, 6) is 0.907. The SMILES string of the molecule is CCOc1cc(CN(c2ccc(C(=N)N)cc2)c2cc(N)nc(SC)n2)c(F)c(OC(C)C)c1. The molecule has 0 unspecified atom stereocenters. The Morgan fingerprint density at radius 2 is 1.88 bits per heavy atom. The fraction of sp³-hybridized carbons (Fsp3) is 0.292. The van der Waals surface area contributed by atoms with E-state index in [0.29, 0.717) is 46.0 Å². The molecule has 0 aliphatic carbocycles. The second-order valence-corrected chi connectivity index (χ2v) is 8.45. The molecule has 3 aromatic rings. The van der Waals surface area contributed by atoms with Crippen molar-refractivity contribution < 1.29 is 13.9 Å². The number of hydrogen-bond donors (Lipinski definition) is 3. The number of nitrogens with zero attached hydrogens (tertiary/aromatic N) is 3. The Morgan fingerprint density at radius 3 is 2.47 bits per heavy atom. The van der Waals surface area contributed by atoms with Crippen molar-refractivity contribution in [2.45, 2.75) is 38.6 Å². The Bertz CT molecular complexity index is 1160. The molecule has 3 rings (SSSR count). The van der Waals surface area contributed by atoms with Gasteiger partial charge in [-0.1, -0.05) is 11.8 Å². The van der Waals surface area contributed by atoms with E-state index in [9.17, 15) is 0 Å². The minimum atomic E-state index is -0.477. The smallest absolute Gasteiger partial charge is 0.191 e. The zero-order valence-corrected chi connectivity index (χ0v) is 20.4. The van der Waals surface area contributed by atoms with E-state index in [-0.39, 0.29) is 24.2 Å². The number of rotatable bonds is 10. The minimum Gasteiger partial charge on any atom is -0.494 e. The number of aromatic nitrogens is 2. The van der Waals surface area contributed by atoms with Gasteiger partial charge in [-0.05, 0) is 57.4 Å². The second-order valence-electron chi connectivity index (χ2n) is 7.68. The monoisotopic (exact) mass is 484 g/mol. The number of ether oxygens (including phenoxy) is 2. The van der Waals surface area contributed by atoms with Gasteiger partial charge in [0, 0.05) is 28.9 Å². The molecule has 0 spiro atoms. The molecule has 34 heavy (non-hydrogen) atoms. The summed E-state index contributed by atoms with van der Waals surface area (Å²) in [6, 6.07) is 11.9. The van der Waals surface area contributed by atoms with Gasteiger partial charge in [0.05, 0.1) is 19.3 Å². The Kier molecular flexibility index (Phi) is 8.17. The molecule has 1 aromatic heterocycles. The molecule has 0 aliphatic rings. The van der Waals surface area contributed by atoms with E-state index in [1.807, 2.05) is 31.9 Å². The maximum Gasteiger partial charge on any atom is 0.191 e. The van der Waals surface area contributed by atoms with Gasteiger partial charge in [-0.3, -0.25) is 5.41 Å². The van der Waals surface area contributed by atoms with Gasteiger partial charge in [-0.25, -0.2) is 14.4 Å². The van der Waals surface area contributed by atoms with Gasteiger partial charge in [0.1, 0.15) is 23.2 Å². The molecule has 0 fully saturated rings. The summed E-state index contributed by atoms with van der Waals surface area (Å²) in [6.45, 7) is 6.08. The number of amidine groups is 1. The van der Waals surface area contributed by atoms with E-state index < -0.39 is 5.82 Å². The van der Waals surface area contributed by atoms with Crippen molar-refractivity contribution >= 4 is 34.9 Å². The normalized spacial score (nSPS) is 10.9. The van der Waals surface area contributed by atoms with Crippen LogP contribution in [0, 0.1) is 11.2 Å². The highest BCUT2D eigenvalue weighted by molar-refractivity contribution is 7.98. The molecule has 0 bridgehead atoms. The van der Waals surface area contributed by atoms with E-state index >= 15 is 4.39 Å². The van der Waals surface area contributed by atoms with Crippen molar-refractivity contribution in [2.24, 2.45) is 5.73 Å². The predicted octanol–water partition coefficient (Wildman–Crippen LogP) is 4.73. The average Bonchev–Trinajstić information content (AvgIpc) is 2.79. The van der Waals surface area contributed by atoms with E-state index in [0.717, 1.165) is 0 Å². The van der Waals surface area contributed by atoms with Crippen LogP contribution in [0.5, 0.6) is 11.5 Å². The van der Waals surface area contributed by atoms with Crippen molar-refractivity contribution in [3.63, 3.8) is 0 Å². The first kappa shape index (κ1) is 25.1. The summed E-state index contributed by atoms with van der Waals surface area (Å²) < 4.78 is 26.9. The third-order valence-electron chi connectivity index (χ3n) is 4.75. The van der Waals surface area contributed by atoms with E-state index in [2.05, 4.69) is 9.97 Å². The number of thioether (sulfide) groups is 1. The lowest BCUT2D eigenvalue weighted by atomic mass is 10.1. The first-order chi connectivity index (χ1) is 16.2. The molecule has 0 amide bonds. The van der Waals surface area contributed by atoms with Crippen LogP contribution < -0.4 is 25.8 Å². The average molecular weight is 485 g/mol. The Balaban J connectivity index is 2.13. The van der Waals surface area contributed by atoms with Crippen molar-refractivity contribution in [3.05, 3.63) is 59.4 Å². The van der Waals surface area contributed by atoms with Crippen LogP contribution in [-0.4, -0.2) is 34.8 Å². The standard InChI is InChI=1S/C24H29FN6O2S/c1-5-32-18-10-16(22(25)19(11-18)33-14(2)3)13-31(17-8-6-15(7-9-17)23(27)28)21-12-20(26)29-24(30-21)34-4/h6-12,14H,5,13H2,1-4H3,(H3,27,28)(H2,26,29,30). The number of nitrogens with one attached hydrogen (secondary N) is 1. The second kappa shape index (κ2) is 11.1. The molecule has 0 saturated heterocycles. The van der Waals surface area contributed by atoms with Crippen LogP contribution in [0.3, 0.4) is 0 Å². The molecule has 2 aromatic carbocycles. The minimum absolute atomic E-state index is 0.0417. The van der Waals surface area contributed by atoms with E-state index in [1.54, 1.807) is 42.5 Å². The fourth-order valence-corrected chi connectivity index (χ4v) is 3.67. The van der Waals surface area contributed by atoms with Crippen molar-refractivity contribution in [1.29, 1.82) is 5.41 Å². The lowest BCUT2D eigenvalue weighted by molar-refractivity contribution is 0.228. The van der Waals surface area contributed by atoms with Crippen LogP contribution in [0.25, 0.3) is 0 Å². The molecule has 8 nitrogen and oxygen atoms in total. The zero-order chi connectivity index (χ0) is 24.8. The van der Waals surface area contributed by atoms with Crippen LogP contribution in [0.4, 0.5) is 21.7 Å². The van der Waals surface area contributed by atoms with Crippen LogP contribution in [0.2, 0.25) is 0 Å². The molecular formula is C24H29FN6O2S. The van der Waals surface area contributed by atoms with Crippen molar-refractivity contribution in [2.75, 3.05) is 23.5 Å². The molecule has 1 heterocycles. The Labute approximate surface area is 203 Å². The third kappa shape index (κ3) is 6.07. The first-order valence-electron chi connectivity index (χ1n) is 10.7. The number of benzene rings is 2. The molecule has 10 heteroatoms. The highest BCUT2D eigenvalue weighted by Crippen LogP contribution is 2.34. The lowest BCUT2D eigenvalue weighted by Crippen LogP contribution is -2.20. The van der Waals surface area contributed by atoms with Gasteiger partial charge in [0.15, 0.2) is 16.7 Å². The number of halogens is 1. The highest BCUT2D eigenvalue weighted by atomic mass is 32.2. The third-order valence-corrected chi connectivity index (χ3v) is 5.30. The van der Waals surface area contributed by atoms with Gasteiger partial charge in [-0.15, -0.1) is 0 Å². The first-order valence-corrected chi connectivity index (χ1v) is 12.0. The van der Waals surface area contributed by atoms with Gasteiger partial charge in [-0.2, -0.15) is 0 Å². The summed E-state index contributed by atoms with van der Waals surface area (Å²) in [6.07, 6.45) is 1.64. The summed E-state index contributed by atoms with van der Waals surface area (Å²) in [5.41, 5.74) is 13.3. The molecule has 5 N–H and O–H groups in total. The largest absolute Gasteiger partial charge is 0.494 e.